The van der Waals surface area contributed by atoms with Gasteiger partial charge in [-0.2, -0.15) is 0 Å². The summed E-state index contributed by atoms with van der Waals surface area (Å²) < 4.78 is 0. The standard InChI is InChI=1S/C14H20N2O3/c1-3-4-7-16(9-13(15)18)14(19)11-6-5-10(2)8-12(11)17/h5-6,8,17H,3-4,7,9H2,1-2H3,(H2,15,18). The number of aryl methyl sites for hydroxylation is 1. The molecule has 0 unspecified atom stereocenters. The summed E-state index contributed by atoms with van der Waals surface area (Å²) >= 11 is 0. The summed E-state index contributed by atoms with van der Waals surface area (Å²) in [5.74, 6) is -1.00. The molecule has 5 nitrogen and oxygen atoms in total. The quantitative estimate of drug-likeness (QED) is 0.815. The molecule has 2 amide bonds. The van der Waals surface area contributed by atoms with E-state index in [1.165, 1.54) is 11.0 Å². The lowest BCUT2D eigenvalue weighted by atomic mass is 10.1. The SMILES string of the molecule is CCCCN(CC(N)=O)C(=O)c1ccc(C)cc1O. The molecule has 3 N–H and O–H groups in total. The summed E-state index contributed by atoms with van der Waals surface area (Å²) in [6, 6.07) is 4.83. The first-order chi connectivity index (χ1) is 8.95. The zero-order valence-corrected chi connectivity index (χ0v) is 11.3. The van der Waals surface area contributed by atoms with Gasteiger partial charge in [-0.15, -0.1) is 0 Å². The van der Waals surface area contributed by atoms with Crippen molar-refractivity contribution in [2.24, 2.45) is 5.73 Å². The highest BCUT2D eigenvalue weighted by Crippen LogP contribution is 2.20. The van der Waals surface area contributed by atoms with Crippen LogP contribution in [0.1, 0.15) is 35.7 Å². The monoisotopic (exact) mass is 264 g/mol. The summed E-state index contributed by atoms with van der Waals surface area (Å²) in [5, 5.41) is 9.81. The molecule has 0 spiro atoms. The topological polar surface area (TPSA) is 83.6 Å². The first-order valence-electron chi connectivity index (χ1n) is 6.33. The molecular weight excluding hydrogens is 244 g/mol. The van der Waals surface area contributed by atoms with E-state index in [9.17, 15) is 14.7 Å². The molecule has 0 heterocycles. The maximum absolute atomic E-state index is 12.3. The van der Waals surface area contributed by atoms with Crippen molar-refractivity contribution in [2.75, 3.05) is 13.1 Å². The number of unbranched alkanes of at least 4 members (excludes halogenated alkanes) is 1. The van der Waals surface area contributed by atoms with E-state index in [0.29, 0.717) is 6.54 Å². The molecule has 0 aliphatic carbocycles. The number of rotatable bonds is 6. The Labute approximate surface area is 113 Å². The molecule has 0 aliphatic heterocycles. The number of phenols is 1. The zero-order chi connectivity index (χ0) is 14.4. The normalized spacial score (nSPS) is 10.2. The number of nitrogens with two attached hydrogens (primary N) is 1. The van der Waals surface area contributed by atoms with Gasteiger partial charge in [0.05, 0.1) is 12.1 Å². The lowest BCUT2D eigenvalue weighted by Gasteiger charge is -2.21. The fourth-order valence-corrected chi connectivity index (χ4v) is 1.78. The van der Waals surface area contributed by atoms with E-state index in [0.717, 1.165) is 18.4 Å². The Kier molecular flexibility index (Phi) is 5.36. The third kappa shape index (κ3) is 4.28. The van der Waals surface area contributed by atoms with Crippen LogP contribution in [0.3, 0.4) is 0 Å². The van der Waals surface area contributed by atoms with Crippen LogP contribution in [-0.4, -0.2) is 34.9 Å². The second-order valence-corrected chi connectivity index (χ2v) is 4.57. The molecule has 1 rings (SSSR count). The van der Waals surface area contributed by atoms with Gasteiger partial charge in [0.2, 0.25) is 5.91 Å². The number of benzene rings is 1. The van der Waals surface area contributed by atoms with Crippen molar-refractivity contribution < 1.29 is 14.7 Å². The lowest BCUT2D eigenvalue weighted by Crippen LogP contribution is -2.39. The molecule has 0 aliphatic rings. The van der Waals surface area contributed by atoms with Crippen LogP contribution in [0.4, 0.5) is 0 Å². The second kappa shape index (κ2) is 6.78. The number of carbonyl (C=O) groups is 2. The summed E-state index contributed by atoms with van der Waals surface area (Å²) in [6.45, 7) is 4.14. The van der Waals surface area contributed by atoms with Crippen LogP contribution in [-0.2, 0) is 4.79 Å². The first-order valence-corrected chi connectivity index (χ1v) is 6.33. The fraction of sp³-hybridized carbons (Fsp3) is 0.429. The smallest absolute Gasteiger partial charge is 0.258 e. The highest BCUT2D eigenvalue weighted by molar-refractivity contribution is 5.98. The van der Waals surface area contributed by atoms with Crippen molar-refractivity contribution in [3.63, 3.8) is 0 Å². The molecule has 0 bridgehead atoms. The largest absolute Gasteiger partial charge is 0.507 e. The Hall–Kier alpha value is -2.04. The van der Waals surface area contributed by atoms with Crippen LogP contribution in [0.15, 0.2) is 18.2 Å². The van der Waals surface area contributed by atoms with Gasteiger partial charge in [0.1, 0.15) is 5.75 Å². The Bertz CT molecular complexity index is 472. The first kappa shape index (κ1) is 15.0. The molecule has 1 aromatic carbocycles. The fourth-order valence-electron chi connectivity index (χ4n) is 1.78. The predicted octanol–water partition coefficient (Wildman–Crippen LogP) is 1.43. The average Bonchev–Trinajstić information content (AvgIpc) is 2.33. The van der Waals surface area contributed by atoms with Crippen molar-refractivity contribution in [1.82, 2.24) is 4.90 Å². The van der Waals surface area contributed by atoms with Crippen LogP contribution in [0.2, 0.25) is 0 Å². The Morgan fingerprint density at radius 3 is 2.58 bits per heavy atom. The number of aromatic hydroxyl groups is 1. The minimum absolute atomic E-state index is 0.0732. The van der Waals surface area contributed by atoms with Gasteiger partial charge in [-0.25, -0.2) is 0 Å². The van der Waals surface area contributed by atoms with Gasteiger partial charge in [-0.05, 0) is 31.0 Å². The van der Waals surface area contributed by atoms with Crippen molar-refractivity contribution in [3.05, 3.63) is 29.3 Å². The Balaban J connectivity index is 2.93. The van der Waals surface area contributed by atoms with E-state index in [2.05, 4.69) is 0 Å². The van der Waals surface area contributed by atoms with Crippen molar-refractivity contribution in [3.8, 4) is 5.75 Å². The van der Waals surface area contributed by atoms with E-state index in [1.807, 2.05) is 13.8 Å². The molecule has 1 aromatic rings. The van der Waals surface area contributed by atoms with Crippen molar-refractivity contribution >= 4 is 11.8 Å². The maximum Gasteiger partial charge on any atom is 0.258 e. The summed E-state index contributed by atoms with van der Waals surface area (Å²) in [6.07, 6.45) is 1.69. The predicted molar refractivity (Wildman–Crippen MR) is 72.8 cm³/mol. The molecule has 5 heteroatoms. The minimum Gasteiger partial charge on any atom is -0.507 e. The molecule has 104 valence electrons. The average molecular weight is 264 g/mol. The highest BCUT2D eigenvalue weighted by atomic mass is 16.3. The van der Waals surface area contributed by atoms with Gasteiger partial charge in [-0.1, -0.05) is 19.4 Å². The van der Waals surface area contributed by atoms with E-state index < -0.39 is 5.91 Å². The maximum atomic E-state index is 12.3. The number of hydrogen-bond acceptors (Lipinski definition) is 3. The molecule has 19 heavy (non-hydrogen) atoms. The van der Waals surface area contributed by atoms with E-state index in [-0.39, 0.29) is 23.8 Å². The lowest BCUT2D eigenvalue weighted by molar-refractivity contribution is -0.118. The van der Waals surface area contributed by atoms with Gasteiger partial charge in [0.15, 0.2) is 0 Å². The molecule has 0 saturated carbocycles. The molecular formula is C14H20N2O3. The van der Waals surface area contributed by atoms with Crippen molar-refractivity contribution in [2.45, 2.75) is 26.7 Å². The second-order valence-electron chi connectivity index (χ2n) is 4.57. The molecule has 0 atom stereocenters. The third-order valence-corrected chi connectivity index (χ3v) is 2.80. The van der Waals surface area contributed by atoms with Crippen LogP contribution in [0.5, 0.6) is 5.75 Å². The van der Waals surface area contributed by atoms with Gasteiger partial charge < -0.3 is 15.7 Å². The summed E-state index contributed by atoms with van der Waals surface area (Å²) in [7, 11) is 0. The van der Waals surface area contributed by atoms with Crippen LogP contribution in [0.25, 0.3) is 0 Å². The molecule has 0 aromatic heterocycles. The Morgan fingerprint density at radius 1 is 1.37 bits per heavy atom. The zero-order valence-electron chi connectivity index (χ0n) is 11.3. The molecule has 0 saturated heterocycles. The number of nitrogens with zero attached hydrogens (tertiary/aromatic N) is 1. The van der Waals surface area contributed by atoms with Gasteiger partial charge in [-0.3, -0.25) is 9.59 Å². The van der Waals surface area contributed by atoms with Gasteiger partial charge in [0.25, 0.3) is 5.91 Å². The number of amides is 2. The minimum atomic E-state index is -0.559. The highest BCUT2D eigenvalue weighted by Gasteiger charge is 2.20. The number of primary amides is 1. The van der Waals surface area contributed by atoms with Crippen molar-refractivity contribution in [1.29, 1.82) is 0 Å². The summed E-state index contributed by atoms with van der Waals surface area (Å²) in [5.41, 5.74) is 6.21. The third-order valence-electron chi connectivity index (χ3n) is 2.80. The number of carbonyl (C=O) groups excluding carboxylic acids is 2. The van der Waals surface area contributed by atoms with E-state index >= 15 is 0 Å². The number of hydrogen-bond donors (Lipinski definition) is 2. The molecule has 0 radical (unpaired) electrons. The summed E-state index contributed by atoms with van der Waals surface area (Å²) in [4.78, 5) is 24.7. The van der Waals surface area contributed by atoms with Gasteiger partial charge >= 0.3 is 0 Å². The van der Waals surface area contributed by atoms with Gasteiger partial charge in [0, 0.05) is 6.54 Å². The Morgan fingerprint density at radius 2 is 2.05 bits per heavy atom. The van der Waals surface area contributed by atoms with Crippen LogP contribution >= 0.6 is 0 Å². The van der Waals surface area contributed by atoms with E-state index in [4.69, 9.17) is 5.73 Å². The van der Waals surface area contributed by atoms with E-state index in [1.54, 1.807) is 12.1 Å². The molecule has 0 fully saturated rings. The van der Waals surface area contributed by atoms with Crippen LogP contribution in [0, 0.1) is 6.92 Å². The number of phenolic OH excluding ortho intramolecular Hbond substituents is 1. The van der Waals surface area contributed by atoms with Crippen LogP contribution < -0.4 is 5.73 Å².